The summed E-state index contributed by atoms with van der Waals surface area (Å²) in [6, 6.07) is 4.69. The topological polar surface area (TPSA) is 82.1 Å². The van der Waals surface area contributed by atoms with E-state index in [0.717, 1.165) is 38.4 Å². The van der Waals surface area contributed by atoms with E-state index in [1.54, 1.807) is 17.0 Å². The van der Waals surface area contributed by atoms with E-state index in [4.69, 9.17) is 4.74 Å². The zero-order valence-corrected chi connectivity index (χ0v) is 14.5. The van der Waals surface area contributed by atoms with E-state index in [0.29, 0.717) is 19.5 Å². The van der Waals surface area contributed by atoms with Crippen molar-refractivity contribution in [3.8, 4) is 5.75 Å². The van der Waals surface area contributed by atoms with E-state index in [-0.39, 0.29) is 29.2 Å². The maximum absolute atomic E-state index is 12.4. The van der Waals surface area contributed by atoms with Gasteiger partial charge in [-0.1, -0.05) is 11.6 Å². The monoisotopic (exact) mass is 347 g/mol. The van der Waals surface area contributed by atoms with Gasteiger partial charge >= 0.3 is 0 Å². The number of nitrogens with one attached hydrogen (secondary N) is 1. The van der Waals surface area contributed by atoms with Crippen LogP contribution in [0.2, 0.25) is 0 Å². The van der Waals surface area contributed by atoms with Crippen LogP contribution in [-0.2, 0) is 9.53 Å². The molecule has 25 heavy (non-hydrogen) atoms. The van der Waals surface area contributed by atoms with Crippen LogP contribution in [0.3, 0.4) is 0 Å². The van der Waals surface area contributed by atoms with Gasteiger partial charge in [-0.3, -0.25) is 14.5 Å². The third-order valence-electron chi connectivity index (χ3n) is 4.74. The number of nitrogens with zero attached hydrogens (tertiary/aromatic N) is 2. The first kappa shape index (κ1) is 17.7. The summed E-state index contributed by atoms with van der Waals surface area (Å²) in [6.07, 6.45) is 0.307. The molecular weight excluding hydrogens is 322 g/mol. The Morgan fingerprint density at radius 1 is 1.32 bits per heavy atom. The van der Waals surface area contributed by atoms with E-state index >= 15 is 0 Å². The molecule has 2 aliphatic heterocycles. The Morgan fingerprint density at radius 2 is 2.08 bits per heavy atom. The first-order chi connectivity index (χ1) is 12.0. The number of morpholine rings is 1. The Kier molecular flexibility index (Phi) is 5.55. The lowest BCUT2D eigenvalue weighted by molar-refractivity contribution is -0.128. The number of aryl methyl sites for hydroxylation is 1. The van der Waals surface area contributed by atoms with E-state index < -0.39 is 0 Å². The molecule has 7 nitrogen and oxygen atoms in total. The van der Waals surface area contributed by atoms with Crippen LogP contribution in [-0.4, -0.2) is 78.7 Å². The second-order valence-electron chi connectivity index (χ2n) is 6.69. The minimum absolute atomic E-state index is 0.0448. The molecule has 2 fully saturated rings. The Labute approximate surface area is 147 Å². The number of benzene rings is 1. The molecule has 0 bridgehead atoms. The second-order valence-corrected chi connectivity index (χ2v) is 6.69. The molecule has 3 rings (SSSR count). The van der Waals surface area contributed by atoms with Gasteiger partial charge in [-0.05, 0) is 19.1 Å². The largest absolute Gasteiger partial charge is 0.507 e. The molecule has 2 aliphatic rings. The summed E-state index contributed by atoms with van der Waals surface area (Å²) in [5.41, 5.74) is 1.15. The van der Waals surface area contributed by atoms with Gasteiger partial charge in [0, 0.05) is 39.1 Å². The maximum atomic E-state index is 12.4. The molecule has 0 spiro atoms. The lowest BCUT2D eigenvalue weighted by Gasteiger charge is -2.28. The molecule has 7 heteroatoms. The smallest absolute Gasteiger partial charge is 0.255 e. The third kappa shape index (κ3) is 4.49. The van der Waals surface area contributed by atoms with Crippen LogP contribution in [0.5, 0.6) is 5.75 Å². The fraction of sp³-hybridized carbons (Fsp3) is 0.556. The number of hydrogen-bond donors (Lipinski definition) is 2. The van der Waals surface area contributed by atoms with Crippen LogP contribution in [0, 0.1) is 6.92 Å². The van der Waals surface area contributed by atoms with Gasteiger partial charge in [0.2, 0.25) is 5.91 Å². The number of phenolic OH excluding ortho intramolecular Hbond substituents is 1. The Hall–Kier alpha value is -2.12. The van der Waals surface area contributed by atoms with Gasteiger partial charge in [-0.2, -0.15) is 0 Å². The highest BCUT2D eigenvalue weighted by atomic mass is 16.5. The Balaban J connectivity index is 1.51. The number of carbonyl (C=O) groups excluding carboxylic acids is 2. The number of likely N-dealkylation sites (tertiary alicyclic amines) is 1. The number of phenols is 1. The van der Waals surface area contributed by atoms with Crippen LogP contribution in [0.1, 0.15) is 22.3 Å². The van der Waals surface area contributed by atoms with Gasteiger partial charge in [0.1, 0.15) is 5.75 Å². The average Bonchev–Trinajstić information content (AvgIpc) is 2.95. The van der Waals surface area contributed by atoms with Gasteiger partial charge in [-0.15, -0.1) is 0 Å². The van der Waals surface area contributed by atoms with Crippen LogP contribution in [0.25, 0.3) is 0 Å². The van der Waals surface area contributed by atoms with Crippen LogP contribution >= 0.6 is 0 Å². The summed E-state index contributed by atoms with van der Waals surface area (Å²) in [5, 5.41) is 12.7. The van der Waals surface area contributed by atoms with Crippen molar-refractivity contribution in [1.82, 2.24) is 15.1 Å². The van der Waals surface area contributed by atoms with E-state index in [1.807, 2.05) is 6.92 Å². The fourth-order valence-corrected chi connectivity index (χ4v) is 3.27. The minimum Gasteiger partial charge on any atom is -0.507 e. The molecule has 0 saturated carbocycles. The summed E-state index contributed by atoms with van der Waals surface area (Å²) >= 11 is 0. The number of carbonyl (C=O) groups is 2. The molecular formula is C18H25N3O4. The van der Waals surface area contributed by atoms with Gasteiger partial charge < -0.3 is 20.1 Å². The lowest BCUT2D eigenvalue weighted by Crippen LogP contribution is -2.42. The Morgan fingerprint density at radius 3 is 2.84 bits per heavy atom. The van der Waals surface area contributed by atoms with Crippen molar-refractivity contribution in [1.29, 1.82) is 0 Å². The van der Waals surface area contributed by atoms with Gasteiger partial charge in [-0.25, -0.2) is 0 Å². The highest BCUT2D eigenvalue weighted by molar-refractivity contribution is 5.97. The molecule has 0 aliphatic carbocycles. The highest BCUT2D eigenvalue weighted by Gasteiger charge is 2.31. The summed E-state index contributed by atoms with van der Waals surface area (Å²) in [4.78, 5) is 28.6. The molecule has 1 aromatic carbocycles. The predicted octanol–water partition coefficient (Wildman–Crippen LogP) is 0.364. The second kappa shape index (κ2) is 7.84. The van der Waals surface area contributed by atoms with Crippen molar-refractivity contribution in [3.05, 3.63) is 29.3 Å². The van der Waals surface area contributed by atoms with Gasteiger partial charge in [0.05, 0.1) is 24.8 Å². The van der Waals surface area contributed by atoms with Crippen molar-refractivity contribution in [2.45, 2.75) is 19.4 Å². The summed E-state index contributed by atoms with van der Waals surface area (Å²) in [7, 11) is 0. The van der Waals surface area contributed by atoms with Crippen LogP contribution in [0.15, 0.2) is 18.2 Å². The molecule has 2 heterocycles. The molecule has 136 valence electrons. The summed E-state index contributed by atoms with van der Waals surface area (Å²) < 4.78 is 5.32. The minimum atomic E-state index is -0.339. The number of aromatic hydroxyl groups is 1. The number of hydrogen-bond acceptors (Lipinski definition) is 5. The molecule has 1 aromatic rings. The number of ether oxygens (including phenoxy) is 1. The zero-order valence-electron chi connectivity index (χ0n) is 14.5. The number of amides is 2. The SMILES string of the molecule is Cc1ccc(O)c(C(=O)N[C@@H]2CC(=O)N(CCN3CCOCC3)C2)c1. The quantitative estimate of drug-likeness (QED) is 0.804. The first-order valence-corrected chi connectivity index (χ1v) is 8.71. The number of rotatable bonds is 5. The Bertz CT molecular complexity index is 643. The van der Waals surface area contributed by atoms with Gasteiger partial charge in [0.25, 0.3) is 5.91 Å². The van der Waals surface area contributed by atoms with E-state index in [2.05, 4.69) is 10.2 Å². The molecule has 1 atom stereocenters. The molecule has 2 N–H and O–H groups in total. The van der Waals surface area contributed by atoms with Crippen LogP contribution < -0.4 is 5.32 Å². The standard InChI is InChI=1S/C18H25N3O4/c1-13-2-3-16(22)15(10-13)18(24)19-14-11-17(23)21(12-14)5-4-20-6-8-25-9-7-20/h2-3,10,14,22H,4-9,11-12H2,1H3,(H,19,24)/t14-/m1/s1. The third-order valence-corrected chi connectivity index (χ3v) is 4.74. The van der Waals surface area contributed by atoms with E-state index in [1.165, 1.54) is 6.07 Å². The molecule has 2 amide bonds. The molecule has 2 saturated heterocycles. The normalized spacial score (nSPS) is 21.6. The van der Waals surface area contributed by atoms with Crippen molar-refractivity contribution in [3.63, 3.8) is 0 Å². The zero-order chi connectivity index (χ0) is 17.8. The van der Waals surface area contributed by atoms with Gasteiger partial charge in [0.15, 0.2) is 0 Å². The lowest BCUT2D eigenvalue weighted by atomic mass is 10.1. The van der Waals surface area contributed by atoms with Crippen molar-refractivity contribution < 1.29 is 19.4 Å². The van der Waals surface area contributed by atoms with E-state index in [9.17, 15) is 14.7 Å². The van der Waals surface area contributed by atoms with Crippen molar-refractivity contribution >= 4 is 11.8 Å². The molecule has 0 radical (unpaired) electrons. The maximum Gasteiger partial charge on any atom is 0.255 e. The summed E-state index contributed by atoms with van der Waals surface area (Å²) in [5.74, 6) is -0.322. The fourth-order valence-electron chi connectivity index (χ4n) is 3.27. The molecule has 0 aromatic heterocycles. The van der Waals surface area contributed by atoms with Crippen LogP contribution in [0.4, 0.5) is 0 Å². The predicted molar refractivity (Wildman–Crippen MR) is 92.6 cm³/mol. The average molecular weight is 347 g/mol. The van der Waals surface area contributed by atoms with Crippen molar-refractivity contribution in [2.75, 3.05) is 45.9 Å². The first-order valence-electron chi connectivity index (χ1n) is 8.71. The molecule has 0 unspecified atom stereocenters. The highest BCUT2D eigenvalue weighted by Crippen LogP contribution is 2.19. The summed E-state index contributed by atoms with van der Waals surface area (Å²) in [6.45, 7) is 7.16. The van der Waals surface area contributed by atoms with Crippen molar-refractivity contribution in [2.24, 2.45) is 0 Å².